The van der Waals surface area contributed by atoms with Gasteiger partial charge in [0.05, 0.1) is 0 Å². The highest BCUT2D eigenvalue weighted by Gasteiger charge is 2.57. The van der Waals surface area contributed by atoms with Gasteiger partial charge in [-0.15, -0.1) is 0 Å². The van der Waals surface area contributed by atoms with Crippen molar-refractivity contribution in [3.8, 4) is 0 Å². The fraction of sp³-hybridized carbons (Fsp3) is 1.00. The molecule has 1 rings (SSSR count). The van der Waals surface area contributed by atoms with Crippen LogP contribution < -0.4 is 0 Å². The molecule has 22 heteroatoms. The third-order valence-corrected chi connectivity index (χ3v) is 48.2. The van der Waals surface area contributed by atoms with E-state index in [-0.39, 0.29) is 0 Å². The molecule has 1 unspecified atom stereocenters. The van der Waals surface area contributed by atoms with Crippen LogP contribution in [0.1, 0.15) is 147 Å². The first-order valence-corrected chi connectivity index (χ1v) is 41.3. The second kappa shape index (κ2) is 31.7. The summed E-state index contributed by atoms with van der Waals surface area (Å²) in [6.45, 7) is 25.2. The molecule has 1 atom stereocenters. The minimum atomic E-state index is -2.89. The van der Waals surface area contributed by atoms with E-state index in [1.807, 2.05) is 0 Å². The summed E-state index contributed by atoms with van der Waals surface area (Å²) in [5.41, 5.74) is 0. The van der Waals surface area contributed by atoms with Crippen LogP contribution in [0.5, 0.6) is 0 Å². The Morgan fingerprint density at radius 3 is 0.982 bits per heavy atom. The minimum absolute atomic E-state index is 0.960. The quantitative estimate of drug-likeness (QED) is 0.104. The molecular formula is C33H88O11Si11. The van der Waals surface area contributed by atoms with E-state index in [0.717, 1.165) is 137 Å². The van der Waals surface area contributed by atoms with Crippen molar-refractivity contribution in [2.75, 3.05) is 0 Å². The fourth-order valence-corrected chi connectivity index (χ4v) is 53.5. The van der Waals surface area contributed by atoms with E-state index in [2.05, 4.69) is 76.2 Å². The molecule has 1 aliphatic heterocycles. The molecule has 11 nitrogen and oxygen atoms in total. The summed E-state index contributed by atoms with van der Waals surface area (Å²) in [7, 11) is -22.0. The van der Waals surface area contributed by atoms with E-state index < -0.39 is 102 Å². The maximum atomic E-state index is 8.12. The Morgan fingerprint density at radius 2 is 0.618 bits per heavy atom. The van der Waals surface area contributed by atoms with Crippen molar-refractivity contribution in [2.24, 2.45) is 0 Å². The molecule has 330 valence electrons. The van der Waals surface area contributed by atoms with Gasteiger partial charge < -0.3 is 45.3 Å². The lowest BCUT2D eigenvalue weighted by Crippen LogP contribution is -2.66. The lowest BCUT2D eigenvalue weighted by Gasteiger charge is -2.50. The Hall–Kier alpha value is 1.95. The molecule has 55 heavy (non-hydrogen) atoms. The standard InChI is InChI=1S/C33H88O11Si11/c1-12-23-50-38-48-36-46-34-45-35-47-37-49-39-51(24-13-2,25-14-3)41-53(28-17-6,29-18-7)43-55(32-21-10,33-22-11)44-54(30-19-8,31-20-9)42-52(40-50,26-15-4)27-16-5/h50H,12-33,45-49H2,1-11H3. The van der Waals surface area contributed by atoms with Crippen molar-refractivity contribution < 1.29 is 45.3 Å². The molecule has 1 aliphatic rings. The zero-order valence-corrected chi connectivity index (χ0v) is 50.9. The Kier molecular flexibility index (Phi) is 31.7. The minimum Gasteiger partial charge on any atom is -0.425 e. The molecular weight excluding hydrogens is 881 g/mol. The van der Waals surface area contributed by atoms with Gasteiger partial charge in [0.2, 0.25) is 0 Å². The van der Waals surface area contributed by atoms with Gasteiger partial charge in [0.25, 0.3) is 50.0 Å². The molecule has 0 aromatic carbocycles. The molecule has 0 aromatic heterocycles. The van der Waals surface area contributed by atoms with Crippen LogP contribution in [0.3, 0.4) is 0 Å². The Balaban J connectivity index is 4.12. The van der Waals surface area contributed by atoms with Crippen LogP contribution in [0.4, 0.5) is 0 Å². The van der Waals surface area contributed by atoms with E-state index in [0.29, 0.717) is 0 Å². The van der Waals surface area contributed by atoms with Gasteiger partial charge in [0.1, 0.15) is 0 Å². The first-order chi connectivity index (χ1) is 26.6. The molecule has 1 heterocycles. The summed E-state index contributed by atoms with van der Waals surface area (Å²) in [6.07, 6.45) is 11.3. The highest BCUT2D eigenvalue weighted by atomic mass is 28.5. The molecule has 0 aliphatic carbocycles. The van der Waals surface area contributed by atoms with E-state index in [1.54, 1.807) is 0 Å². The Morgan fingerprint density at radius 1 is 0.327 bits per heavy atom. The van der Waals surface area contributed by atoms with Gasteiger partial charge in [-0.1, -0.05) is 147 Å². The number of hydrogen-bond donors (Lipinski definition) is 0. The van der Waals surface area contributed by atoms with Crippen molar-refractivity contribution in [3.05, 3.63) is 0 Å². The zero-order valence-electron chi connectivity index (χ0n) is 37.7. The van der Waals surface area contributed by atoms with Crippen LogP contribution in [0.2, 0.25) is 66.5 Å². The average Bonchev–Trinajstić information content (AvgIpc) is 3.11. The topological polar surface area (TPSA) is 102 Å². The predicted octanol–water partition coefficient (Wildman–Crippen LogP) is 7.12. The van der Waals surface area contributed by atoms with Crippen molar-refractivity contribution >= 4 is 102 Å². The van der Waals surface area contributed by atoms with E-state index >= 15 is 0 Å². The summed E-state index contributed by atoms with van der Waals surface area (Å²) < 4.78 is 77.4. The molecule has 0 amide bonds. The molecule has 0 saturated carbocycles. The van der Waals surface area contributed by atoms with Gasteiger partial charge in [-0.3, -0.25) is 0 Å². The molecule has 0 radical (unpaired) electrons. The monoisotopic (exact) mass is 968 g/mol. The van der Waals surface area contributed by atoms with Crippen molar-refractivity contribution in [1.82, 2.24) is 0 Å². The van der Waals surface area contributed by atoms with E-state index in [9.17, 15) is 0 Å². The maximum Gasteiger partial charge on any atom is 0.320 e. The van der Waals surface area contributed by atoms with Gasteiger partial charge in [-0.05, 0) is 66.5 Å². The molecule has 0 bridgehead atoms. The number of hydrogen-bond acceptors (Lipinski definition) is 11. The maximum absolute atomic E-state index is 8.12. The second-order valence-electron chi connectivity index (χ2n) is 15.5. The zero-order chi connectivity index (χ0) is 40.9. The summed E-state index contributed by atoms with van der Waals surface area (Å²) in [6, 6.07) is 10.6. The largest absolute Gasteiger partial charge is 0.425 e. The van der Waals surface area contributed by atoms with Crippen LogP contribution in [0, 0.1) is 0 Å². The van der Waals surface area contributed by atoms with Crippen LogP contribution in [-0.4, -0.2) is 102 Å². The Bertz CT molecular complexity index is 909. The van der Waals surface area contributed by atoms with Gasteiger partial charge in [-0.2, -0.15) is 0 Å². The third-order valence-electron chi connectivity index (χ3n) is 9.91. The first-order valence-electron chi connectivity index (χ1n) is 22.6. The smallest absolute Gasteiger partial charge is 0.320 e. The van der Waals surface area contributed by atoms with E-state index in [4.69, 9.17) is 45.3 Å². The number of rotatable bonds is 22. The van der Waals surface area contributed by atoms with Crippen LogP contribution in [0.25, 0.3) is 0 Å². The SMILES string of the molecule is CCC[SiH]1O[SiH2]O[SiH2]O[SiH2]O[SiH2]O[SiH2]O[Si](CCC)(CCC)O[Si](CCC)(CCC)O[Si](CCC)(CCC)O[Si](CCC)(CCC)O[Si](CCC)(CCC)O1. The fourth-order valence-electron chi connectivity index (χ4n) is 8.22. The van der Waals surface area contributed by atoms with Gasteiger partial charge >= 0.3 is 52.1 Å². The summed E-state index contributed by atoms with van der Waals surface area (Å²) >= 11 is 0. The van der Waals surface area contributed by atoms with Gasteiger partial charge in [-0.25, -0.2) is 0 Å². The normalized spacial score (nSPS) is 25.3. The van der Waals surface area contributed by atoms with Crippen molar-refractivity contribution in [3.63, 3.8) is 0 Å². The first kappa shape index (κ1) is 55.0. The van der Waals surface area contributed by atoms with Crippen LogP contribution in [-0.2, 0) is 45.3 Å². The molecule has 1 fully saturated rings. The molecule has 0 spiro atoms. The van der Waals surface area contributed by atoms with E-state index in [1.165, 1.54) is 0 Å². The molecule has 0 aromatic rings. The van der Waals surface area contributed by atoms with Crippen molar-refractivity contribution in [1.29, 1.82) is 0 Å². The Labute approximate surface area is 358 Å². The summed E-state index contributed by atoms with van der Waals surface area (Å²) in [5, 5.41) is 0. The van der Waals surface area contributed by atoms with Gasteiger partial charge in [0, 0.05) is 0 Å². The van der Waals surface area contributed by atoms with Crippen LogP contribution >= 0.6 is 0 Å². The summed E-state index contributed by atoms with van der Waals surface area (Å²) in [4.78, 5) is 0. The predicted molar refractivity (Wildman–Crippen MR) is 257 cm³/mol. The third kappa shape index (κ3) is 20.6. The lowest BCUT2D eigenvalue weighted by atomic mass is 10.6. The lowest BCUT2D eigenvalue weighted by molar-refractivity contribution is 0.234. The van der Waals surface area contributed by atoms with Gasteiger partial charge in [0.15, 0.2) is 0 Å². The average molecular weight is 970 g/mol. The van der Waals surface area contributed by atoms with Crippen LogP contribution in [0.15, 0.2) is 0 Å². The second-order valence-corrected chi connectivity index (χ2v) is 45.5. The highest BCUT2D eigenvalue weighted by Crippen LogP contribution is 2.42. The highest BCUT2D eigenvalue weighted by molar-refractivity contribution is 6.92. The molecule has 1 saturated heterocycles. The van der Waals surface area contributed by atoms with Crippen molar-refractivity contribution in [2.45, 2.75) is 213 Å². The molecule has 0 N–H and O–H groups in total. The summed E-state index contributed by atoms with van der Waals surface area (Å²) in [5.74, 6) is 0.